The molecule has 0 unspecified atom stereocenters. The second-order valence-electron chi connectivity index (χ2n) is 14.0. The van der Waals surface area contributed by atoms with Gasteiger partial charge < -0.3 is 19.3 Å². The van der Waals surface area contributed by atoms with Crippen molar-refractivity contribution in [2.45, 2.75) is 200 Å². The number of allylic oxidation sites excluding steroid dienone is 8. The predicted molar refractivity (Wildman–Crippen MR) is 216 cm³/mol. The Morgan fingerprint density at radius 3 is 1.35 bits per heavy atom. The molecule has 302 valence electrons. The van der Waals surface area contributed by atoms with Crippen molar-refractivity contribution in [1.29, 1.82) is 0 Å². The maximum atomic E-state index is 12.4. The molecule has 9 heteroatoms. The van der Waals surface area contributed by atoms with Gasteiger partial charge in [0.1, 0.15) is 6.61 Å². The maximum absolute atomic E-state index is 12.4. The molecule has 0 aliphatic rings. The van der Waals surface area contributed by atoms with Crippen LogP contribution in [0.3, 0.4) is 0 Å². The summed E-state index contributed by atoms with van der Waals surface area (Å²) < 4.78 is 26.3. The number of hydrogen-bond donors (Lipinski definition) is 2. The minimum Gasteiger partial charge on any atom is -0.462 e. The first kappa shape index (κ1) is 50.0. The number of ether oxygens (including phenoxy) is 2. The van der Waals surface area contributed by atoms with Gasteiger partial charge in [0, 0.05) is 12.8 Å². The van der Waals surface area contributed by atoms with Gasteiger partial charge >= 0.3 is 19.8 Å². The summed E-state index contributed by atoms with van der Waals surface area (Å²) in [5, 5.41) is 0. The standard InChI is InChI=1S/C43H77O8P/c1-3-5-7-9-11-13-15-17-19-20-21-22-24-25-27-29-31-33-35-37-42(44)49-39-41(40-50-52(46,47)48)51-43(45)38-36-34-32-30-28-26-23-18-16-14-12-10-8-6-4-2/h11,13,17-19,23,28,30,41H,3-10,12,14-16,20-22,24-27,29,31-40H2,1-2H3,(H2,46,47,48)/b13-11+,19-17+,23-18+,30-28+/t41-/m1/s1. The van der Waals surface area contributed by atoms with Crippen LogP contribution in [-0.2, 0) is 28.2 Å². The van der Waals surface area contributed by atoms with Crippen molar-refractivity contribution in [3.8, 4) is 0 Å². The van der Waals surface area contributed by atoms with E-state index in [9.17, 15) is 14.2 Å². The first-order valence-electron chi connectivity index (χ1n) is 20.9. The third-order valence-corrected chi connectivity index (χ3v) is 9.31. The number of unbranched alkanes of at least 4 members (excludes halogenated alkanes) is 20. The van der Waals surface area contributed by atoms with Crippen molar-refractivity contribution in [3.63, 3.8) is 0 Å². The predicted octanol–water partition coefficient (Wildman–Crippen LogP) is 12.7. The van der Waals surface area contributed by atoms with Crippen LogP contribution in [0.25, 0.3) is 0 Å². The van der Waals surface area contributed by atoms with Gasteiger partial charge in [0.05, 0.1) is 6.61 Å². The molecule has 0 saturated carbocycles. The molecule has 0 radical (unpaired) electrons. The molecule has 0 aromatic rings. The highest BCUT2D eigenvalue weighted by atomic mass is 31.2. The van der Waals surface area contributed by atoms with E-state index in [0.717, 1.165) is 57.8 Å². The van der Waals surface area contributed by atoms with Crippen molar-refractivity contribution in [2.75, 3.05) is 13.2 Å². The normalized spacial score (nSPS) is 12.9. The van der Waals surface area contributed by atoms with Gasteiger partial charge in [-0.25, -0.2) is 4.57 Å². The third-order valence-electron chi connectivity index (χ3n) is 8.82. The molecule has 1 atom stereocenters. The topological polar surface area (TPSA) is 119 Å². The van der Waals surface area contributed by atoms with Gasteiger partial charge in [0.25, 0.3) is 0 Å². The van der Waals surface area contributed by atoms with Crippen LogP contribution in [0, 0.1) is 0 Å². The van der Waals surface area contributed by atoms with Crippen molar-refractivity contribution >= 4 is 19.8 Å². The summed E-state index contributed by atoms with van der Waals surface area (Å²) in [6.45, 7) is 3.62. The fraction of sp³-hybridized carbons (Fsp3) is 0.767. The highest BCUT2D eigenvalue weighted by molar-refractivity contribution is 7.46. The minimum atomic E-state index is -4.76. The molecule has 0 aliphatic heterocycles. The fourth-order valence-corrected chi connectivity index (χ4v) is 6.03. The van der Waals surface area contributed by atoms with E-state index >= 15 is 0 Å². The Labute approximate surface area is 318 Å². The summed E-state index contributed by atoms with van der Waals surface area (Å²) in [5.41, 5.74) is 0. The quantitative estimate of drug-likeness (QED) is 0.0277. The largest absolute Gasteiger partial charge is 0.469 e. The summed E-state index contributed by atoms with van der Waals surface area (Å²) in [7, 11) is -4.76. The van der Waals surface area contributed by atoms with Gasteiger partial charge in [-0.15, -0.1) is 0 Å². The number of hydrogen-bond acceptors (Lipinski definition) is 6. The number of carbonyl (C=O) groups excluding carboxylic acids is 2. The van der Waals surface area contributed by atoms with E-state index in [1.807, 2.05) is 0 Å². The highest BCUT2D eigenvalue weighted by Crippen LogP contribution is 2.36. The molecule has 0 aromatic carbocycles. The first-order chi connectivity index (χ1) is 25.3. The molecule has 0 amide bonds. The van der Waals surface area contributed by atoms with Crippen LogP contribution < -0.4 is 0 Å². The lowest BCUT2D eigenvalue weighted by atomic mass is 10.1. The zero-order chi connectivity index (χ0) is 38.2. The van der Waals surface area contributed by atoms with Gasteiger partial charge in [-0.05, 0) is 77.0 Å². The fourth-order valence-electron chi connectivity index (χ4n) is 5.67. The Morgan fingerprint density at radius 1 is 0.500 bits per heavy atom. The molecule has 52 heavy (non-hydrogen) atoms. The van der Waals surface area contributed by atoms with E-state index in [-0.39, 0.29) is 19.4 Å². The smallest absolute Gasteiger partial charge is 0.462 e. The second-order valence-corrected chi connectivity index (χ2v) is 15.2. The lowest BCUT2D eigenvalue weighted by Crippen LogP contribution is -2.29. The van der Waals surface area contributed by atoms with E-state index in [0.29, 0.717) is 12.8 Å². The maximum Gasteiger partial charge on any atom is 0.469 e. The molecule has 0 bridgehead atoms. The lowest BCUT2D eigenvalue weighted by Gasteiger charge is -2.18. The van der Waals surface area contributed by atoms with Crippen molar-refractivity contribution in [3.05, 3.63) is 48.6 Å². The molecule has 2 N–H and O–H groups in total. The van der Waals surface area contributed by atoms with Crippen LogP contribution in [0.1, 0.15) is 194 Å². The van der Waals surface area contributed by atoms with Crippen molar-refractivity contribution in [2.24, 2.45) is 0 Å². The van der Waals surface area contributed by atoms with E-state index in [4.69, 9.17) is 19.3 Å². The summed E-state index contributed by atoms with van der Waals surface area (Å²) >= 11 is 0. The highest BCUT2D eigenvalue weighted by Gasteiger charge is 2.22. The molecule has 0 spiro atoms. The van der Waals surface area contributed by atoms with Crippen LogP contribution in [0.15, 0.2) is 48.6 Å². The van der Waals surface area contributed by atoms with Gasteiger partial charge in [-0.1, -0.05) is 152 Å². The molecule has 0 rings (SSSR count). The van der Waals surface area contributed by atoms with E-state index in [1.54, 1.807) is 0 Å². The second kappa shape index (κ2) is 38.7. The van der Waals surface area contributed by atoms with Gasteiger partial charge in [-0.2, -0.15) is 0 Å². The number of carbonyl (C=O) groups is 2. The van der Waals surface area contributed by atoms with E-state index in [2.05, 4.69) is 67.0 Å². The molecule has 0 heterocycles. The van der Waals surface area contributed by atoms with Crippen molar-refractivity contribution in [1.82, 2.24) is 0 Å². The van der Waals surface area contributed by atoms with Gasteiger partial charge in [-0.3, -0.25) is 14.1 Å². The van der Waals surface area contributed by atoms with E-state index in [1.165, 1.54) is 96.3 Å². The number of rotatable bonds is 38. The van der Waals surface area contributed by atoms with Crippen LogP contribution in [0.4, 0.5) is 0 Å². The Morgan fingerprint density at radius 2 is 0.865 bits per heavy atom. The Hall–Kier alpha value is -1.99. The summed E-state index contributed by atoms with van der Waals surface area (Å²) in [6, 6.07) is 0. The summed E-state index contributed by atoms with van der Waals surface area (Å²) in [4.78, 5) is 42.8. The van der Waals surface area contributed by atoms with Gasteiger partial charge in [0.2, 0.25) is 0 Å². The Balaban J connectivity index is 3.96. The Kier molecular flexibility index (Phi) is 37.2. The average Bonchev–Trinajstić information content (AvgIpc) is 3.11. The minimum absolute atomic E-state index is 0.168. The molecule has 0 aliphatic carbocycles. The molecular formula is C43H77O8P. The van der Waals surface area contributed by atoms with Crippen LogP contribution in [0.2, 0.25) is 0 Å². The van der Waals surface area contributed by atoms with Crippen molar-refractivity contribution < 1.29 is 37.9 Å². The van der Waals surface area contributed by atoms with Crippen LogP contribution >= 0.6 is 7.82 Å². The van der Waals surface area contributed by atoms with Crippen LogP contribution in [-0.4, -0.2) is 41.0 Å². The molecule has 0 aromatic heterocycles. The zero-order valence-corrected chi connectivity index (χ0v) is 34.1. The first-order valence-corrected chi connectivity index (χ1v) is 22.5. The van der Waals surface area contributed by atoms with Crippen LogP contribution in [0.5, 0.6) is 0 Å². The van der Waals surface area contributed by atoms with Gasteiger partial charge in [0.15, 0.2) is 6.10 Å². The van der Waals surface area contributed by atoms with E-state index < -0.39 is 32.5 Å². The molecular weight excluding hydrogens is 675 g/mol. The average molecular weight is 753 g/mol. The zero-order valence-electron chi connectivity index (χ0n) is 33.2. The SMILES string of the molecule is CCCCC/C=C/C/C=C/CCCCCCCCCCCC(=O)OC[C@H](COP(=O)(O)O)OC(=O)CCCC/C=C/C/C=C/CCCCCCCC. The summed E-state index contributed by atoms with van der Waals surface area (Å²) in [5.74, 6) is -0.927. The lowest BCUT2D eigenvalue weighted by molar-refractivity contribution is -0.161. The third kappa shape index (κ3) is 40.8. The molecule has 0 saturated heterocycles. The monoisotopic (exact) mass is 753 g/mol. The number of esters is 2. The molecule has 0 fully saturated rings. The Bertz CT molecular complexity index is 984. The number of phosphoric acid groups is 1. The number of phosphoric ester groups is 1. The summed E-state index contributed by atoms with van der Waals surface area (Å²) in [6.07, 6.45) is 46.9. The molecule has 8 nitrogen and oxygen atoms in total.